The van der Waals surface area contributed by atoms with E-state index in [-0.39, 0.29) is 17.6 Å². The first-order chi connectivity index (χ1) is 12.9. The smallest absolute Gasteiger partial charge is 0.307 e. The molecule has 0 aliphatic heterocycles. The van der Waals surface area contributed by atoms with Crippen LogP contribution in [0.3, 0.4) is 0 Å². The molecule has 0 bridgehead atoms. The number of aromatic nitrogens is 2. The van der Waals surface area contributed by atoms with Crippen molar-refractivity contribution in [2.75, 3.05) is 0 Å². The molecule has 0 radical (unpaired) electrons. The zero-order valence-electron chi connectivity index (χ0n) is 16.4. The Morgan fingerprint density at radius 2 is 1.78 bits per heavy atom. The highest BCUT2D eigenvalue weighted by molar-refractivity contribution is 5.80. The van der Waals surface area contributed by atoms with Crippen molar-refractivity contribution >= 4 is 11.6 Å². The van der Waals surface area contributed by atoms with E-state index in [4.69, 9.17) is 0 Å². The van der Waals surface area contributed by atoms with Crippen LogP contribution in [0.4, 0.5) is 5.69 Å². The van der Waals surface area contributed by atoms with Gasteiger partial charge in [-0.1, -0.05) is 52.0 Å². The van der Waals surface area contributed by atoms with Gasteiger partial charge in [0.1, 0.15) is 18.4 Å². The van der Waals surface area contributed by atoms with E-state index in [0.29, 0.717) is 12.3 Å². The number of nitro groups is 1. The van der Waals surface area contributed by atoms with Gasteiger partial charge in [-0.2, -0.15) is 5.10 Å². The van der Waals surface area contributed by atoms with Crippen LogP contribution in [0.1, 0.15) is 76.1 Å². The van der Waals surface area contributed by atoms with Gasteiger partial charge in [0.2, 0.25) is 5.91 Å². The molecule has 1 heterocycles. The molecule has 1 N–H and O–H groups in total. The lowest BCUT2D eigenvalue weighted by Gasteiger charge is -2.22. The zero-order chi connectivity index (χ0) is 20.0. The van der Waals surface area contributed by atoms with E-state index in [1.54, 1.807) is 0 Å². The molecule has 0 fully saturated rings. The zero-order valence-corrected chi connectivity index (χ0v) is 16.4. The van der Waals surface area contributed by atoms with Crippen LogP contribution in [-0.4, -0.2) is 20.6 Å². The summed E-state index contributed by atoms with van der Waals surface area (Å²) >= 11 is 0. The lowest BCUT2D eigenvalue weighted by molar-refractivity contribution is -0.385. The third kappa shape index (κ3) is 4.93. The Hall–Kier alpha value is -2.70. The maximum atomic E-state index is 12.8. The molecular formula is C20H28N4O3. The first-order valence-corrected chi connectivity index (χ1v) is 9.49. The largest absolute Gasteiger partial charge is 0.347 e. The fourth-order valence-corrected chi connectivity index (χ4v) is 3.07. The van der Waals surface area contributed by atoms with Gasteiger partial charge in [-0.3, -0.25) is 19.6 Å². The summed E-state index contributed by atoms with van der Waals surface area (Å²) in [5.41, 5.74) is 2.23. The van der Waals surface area contributed by atoms with E-state index < -0.39 is 11.0 Å². The fraction of sp³-hybridized carbons (Fsp3) is 0.500. The molecule has 146 valence electrons. The van der Waals surface area contributed by atoms with Crippen molar-refractivity contribution in [1.29, 1.82) is 0 Å². The molecule has 7 heteroatoms. The van der Waals surface area contributed by atoms with Crippen molar-refractivity contribution in [1.82, 2.24) is 15.1 Å². The second kappa shape index (κ2) is 9.30. The van der Waals surface area contributed by atoms with E-state index in [2.05, 4.69) is 48.5 Å². The first-order valence-electron chi connectivity index (χ1n) is 9.49. The maximum Gasteiger partial charge on any atom is 0.307 e. The molecule has 1 amide bonds. The minimum absolute atomic E-state index is 0.108. The van der Waals surface area contributed by atoms with Gasteiger partial charge < -0.3 is 5.32 Å². The number of rotatable bonds is 9. The predicted octanol–water partition coefficient (Wildman–Crippen LogP) is 4.52. The molecule has 1 aromatic heterocycles. The Balaban J connectivity index is 2.13. The number of hydrogen-bond donors (Lipinski definition) is 1. The van der Waals surface area contributed by atoms with Gasteiger partial charge in [0.25, 0.3) is 0 Å². The van der Waals surface area contributed by atoms with Crippen LogP contribution >= 0.6 is 0 Å². The van der Waals surface area contributed by atoms with Crippen LogP contribution in [0, 0.1) is 10.1 Å². The van der Waals surface area contributed by atoms with Crippen LogP contribution in [-0.2, 0) is 4.79 Å². The van der Waals surface area contributed by atoms with Gasteiger partial charge in [0.15, 0.2) is 0 Å². The standard InChI is InChI=1S/C20H28N4O3/c1-5-14(4)15-8-10-16(11-9-15)18(6-2)22-20(25)19(7-3)23-13-17(12-21-23)24(26)27/h8-14,18-19H,5-7H2,1-4H3,(H,22,25). The Morgan fingerprint density at radius 1 is 1.15 bits per heavy atom. The average molecular weight is 372 g/mol. The summed E-state index contributed by atoms with van der Waals surface area (Å²) in [7, 11) is 0. The van der Waals surface area contributed by atoms with Gasteiger partial charge in [-0.15, -0.1) is 0 Å². The number of amides is 1. The lowest BCUT2D eigenvalue weighted by atomic mass is 9.95. The van der Waals surface area contributed by atoms with Crippen molar-refractivity contribution in [3.8, 4) is 0 Å². The molecule has 0 aliphatic carbocycles. The first kappa shape index (κ1) is 20.6. The Bertz CT molecular complexity index is 770. The number of carbonyl (C=O) groups excluding carboxylic acids is 1. The Labute approximate surface area is 159 Å². The summed E-state index contributed by atoms with van der Waals surface area (Å²) in [6, 6.07) is 7.68. The fourth-order valence-electron chi connectivity index (χ4n) is 3.07. The van der Waals surface area contributed by atoms with Gasteiger partial charge in [-0.05, 0) is 36.3 Å². The molecule has 0 saturated heterocycles. The van der Waals surface area contributed by atoms with Gasteiger partial charge in [0.05, 0.1) is 11.0 Å². The molecule has 2 aromatic rings. The van der Waals surface area contributed by atoms with Gasteiger partial charge >= 0.3 is 5.69 Å². The minimum atomic E-state index is -0.577. The van der Waals surface area contributed by atoms with Crippen LogP contribution < -0.4 is 5.32 Å². The summed E-state index contributed by atoms with van der Waals surface area (Å²) in [4.78, 5) is 23.1. The molecule has 0 spiro atoms. The second-order valence-corrected chi connectivity index (χ2v) is 6.81. The Morgan fingerprint density at radius 3 is 2.26 bits per heavy atom. The van der Waals surface area contributed by atoms with E-state index in [9.17, 15) is 14.9 Å². The highest BCUT2D eigenvalue weighted by atomic mass is 16.6. The summed E-state index contributed by atoms with van der Waals surface area (Å²) in [6.45, 7) is 8.24. The quantitative estimate of drug-likeness (QED) is 0.517. The maximum absolute atomic E-state index is 12.8. The monoisotopic (exact) mass is 372 g/mol. The second-order valence-electron chi connectivity index (χ2n) is 6.81. The molecular weight excluding hydrogens is 344 g/mol. The molecule has 2 rings (SSSR count). The average Bonchev–Trinajstić information content (AvgIpc) is 3.16. The molecule has 7 nitrogen and oxygen atoms in total. The lowest BCUT2D eigenvalue weighted by Crippen LogP contribution is -2.35. The molecule has 3 unspecified atom stereocenters. The van der Waals surface area contributed by atoms with Crippen LogP contribution in [0.15, 0.2) is 36.7 Å². The summed E-state index contributed by atoms with van der Waals surface area (Å²) in [6.07, 6.45) is 4.80. The molecule has 0 aliphatic rings. The van der Waals surface area contributed by atoms with Crippen LogP contribution in [0.2, 0.25) is 0 Å². The number of nitrogens with one attached hydrogen (secondary N) is 1. The van der Waals surface area contributed by atoms with Gasteiger partial charge in [0, 0.05) is 0 Å². The summed E-state index contributed by atoms with van der Waals surface area (Å²) in [5.74, 6) is 0.321. The SMILES string of the molecule is CCC(C)c1ccc(C(CC)NC(=O)C(CC)n2cc([N+](=O)[O-])cn2)cc1. The third-order valence-electron chi connectivity index (χ3n) is 5.05. The number of benzene rings is 1. The Kier molecular flexibility index (Phi) is 7.10. The molecule has 3 atom stereocenters. The van der Waals surface area contributed by atoms with Crippen LogP contribution in [0.25, 0.3) is 0 Å². The number of hydrogen-bond acceptors (Lipinski definition) is 4. The van der Waals surface area contributed by atoms with Crippen molar-refractivity contribution in [2.24, 2.45) is 0 Å². The topological polar surface area (TPSA) is 90.1 Å². The van der Waals surface area contributed by atoms with E-state index >= 15 is 0 Å². The summed E-state index contributed by atoms with van der Waals surface area (Å²) in [5, 5.41) is 17.9. The van der Waals surface area contributed by atoms with E-state index in [1.807, 2.05) is 13.8 Å². The predicted molar refractivity (Wildman–Crippen MR) is 105 cm³/mol. The minimum Gasteiger partial charge on any atom is -0.347 e. The normalized spacial score (nSPS) is 14.4. The highest BCUT2D eigenvalue weighted by Gasteiger charge is 2.24. The highest BCUT2D eigenvalue weighted by Crippen LogP contribution is 2.24. The van der Waals surface area contributed by atoms with Crippen molar-refractivity contribution in [3.05, 3.63) is 57.9 Å². The molecule has 1 aromatic carbocycles. The van der Waals surface area contributed by atoms with Crippen LogP contribution in [0.5, 0.6) is 0 Å². The molecule has 27 heavy (non-hydrogen) atoms. The third-order valence-corrected chi connectivity index (χ3v) is 5.05. The number of carbonyl (C=O) groups is 1. The molecule has 0 saturated carbocycles. The van der Waals surface area contributed by atoms with E-state index in [1.165, 1.54) is 22.6 Å². The van der Waals surface area contributed by atoms with Crippen molar-refractivity contribution < 1.29 is 9.72 Å². The van der Waals surface area contributed by atoms with Crippen molar-refractivity contribution in [3.63, 3.8) is 0 Å². The van der Waals surface area contributed by atoms with Crippen molar-refractivity contribution in [2.45, 2.75) is 65.0 Å². The van der Waals surface area contributed by atoms with E-state index in [0.717, 1.165) is 18.4 Å². The van der Waals surface area contributed by atoms with Gasteiger partial charge in [-0.25, -0.2) is 0 Å². The summed E-state index contributed by atoms with van der Waals surface area (Å²) < 4.78 is 1.37. The number of nitrogens with zero attached hydrogens (tertiary/aromatic N) is 3.